The van der Waals surface area contributed by atoms with Crippen molar-refractivity contribution in [1.82, 2.24) is 9.80 Å². The minimum atomic E-state index is -0.661. The fourth-order valence-corrected chi connectivity index (χ4v) is 8.59. The summed E-state index contributed by atoms with van der Waals surface area (Å²) in [6, 6.07) is 8.26. The van der Waals surface area contributed by atoms with Crippen LogP contribution in [0.3, 0.4) is 0 Å². The van der Waals surface area contributed by atoms with Crippen LogP contribution in [0, 0.1) is 11.8 Å². The van der Waals surface area contributed by atoms with Gasteiger partial charge in [0.25, 0.3) is 0 Å². The molecule has 5 aliphatic rings. The summed E-state index contributed by atoms with van der Waals surface area (Å²) in [4.78, 5) is 31.4. The fourth-order valence-electron chi connectivity index (χ4n) is 8.59. The van der Waals surface area contributed by atoms with E-state index in [2.05, 4.69) is 36.9 Å². The van der Waals surface area contributed by atoms with Crippen LogP contribution in [0.25, 0.3) is 6.08 Å². The van der Waals surface area contributed by atoms with E-state index in [4.69, 9.17) is 13.9 Å². The summed E-state index contributed by atoms with van der Waals surface area (Å²) >= 11 is 0. The summed E-state index contributed by atoms with van der Waals surface area (Å²) in [6.07, 6.45) is 12.2. The minimum Gasteiger partial charge on any atom is -0.487 e. The van der Waals surface area contributed by atoms with Gasteiger partial charge in [-0.1, -0.05) is 26.0 Å². The van der Waals surface area contributed by atoms with Gasteiger partial charge in [0, 0.05) is 37.2 Å². The number of hydrogen-bond acceptors (Lipinski definition) is 6. The molecule has 1 aromatic carbocycles. The zero-order chi connectivity index (χ0) is 27.6. The maximum absolute atomic E-state index is 13.9. The zero-order valence-electron chi connectivity index (χ0n) is 23.8. The molecule has 0 radical (unpaired) electrons. The molecule has 0 N–H and O–H groups in total. The highest BCUT2D eigenvalue weighted by Gasteiger charge is 2.75. The molecule has 5 atom stereocenters. The second-order valence-electron chi connectivity index (χ2n) is 13.1. The summed E-state index contributed by atoms with van der Waals surface area (Å²) < 4.78 is 18.7. The quantitative estimate of drug-likeness (QED) is 0.345. The molecule has 0 unspecified atom stereocenters. The minimum absolute atomic E-state index is 0.0189. The van der Waals surface area contributed by atoms with Gasteiger partial charge in [0.2, 0.25) is 5.91 Å². The maximum Gasteiger partial charge on any atom is 0.303 e. The number of nitrogens with zero attached hydrogens (tertiary/aromatic N) is 2. The van der Waals surface area contributed by atoms with Crippen molar-refractivity contribution in [2.24, 2.45) is 11.8 Å². The van der Waals surface area contributed by atoms with Gasteiger partial charge in [0.1, 0.15) is 17.5 Å². The predicted molar refractivity (Wildman–Crippen MR) is 151 cm³/mol. The van der Waals surface area contributed by atoms with Crippen LogP contribution in [0.4, 0.5) is 0 Å². The van der Waals surface area contributed by atoms with E-state index in [-0.39, 0.29) is 30.1 Å². The third-order valence-corrected chi connectivity index (χ3v) is 10.1. The molecule has 7 rings (SSSR count). The molecule has 7 nitrogen and oxygen atoms in total. The molecule has 2 bridgehead atoms. The van der Waals surface area contributed by atoms with Crippen molar-refractivity contribution >= 4 is 18.0 Å². The largest absolute Gasteiger partial charge is 0.487 e. The molecule has 2 aromatic rings. The number of likely N-dealkylation sites (tertiary alicyclic amines) is 1. The maximum atomic E-state index is 13.9. The Bertz CT molecular complexity index is 1330. The van der Waals surface area contributed by atoms with E-state index in [0.717, 1.165) is 56.0 Å². The SMILES string of the molecule is CC(=O)O[C@@]12CC[C@@H](N(CC(C)C)C(=O)/C=C/c3ccoc3)[C@@H]3Oc4cccc5c4[C@@]31CCN(CC1CC1)[C@@H]2C5. The average molecular weight is 545 g/mol. The van der Waals surface area contributed by atoms with Crippen molar-refractivity contribution in [3.8, 4) is 5.75 Å². The van der Waals surface area contributed by atoms with E-state index < -0.39 is 11.0 Å². The van der Waals surface area contributed by atoms with Gasteiger partial charge in [0.05, 0.1) is 30.0 Å². The number of ether oxygens (including phenoxy) is 2. The van der Waals surface area contributed by atoms with Crippen molar-refractivity contribution < 1.29 is 23.5 Å². The molecule has 2 saturated carbocycles. The van der Waals surface area contributed by atoms with E-state index in [1.165, 1.54) is 24.0 Å². The zero-order valence-corrected chi connectivity index (χ0v) is 23.8. The number of carbonyl (C=O) groups excluding carboxylic acids is 2. The first-order chi connectivity index (χ1) is 19.3. The molecule has 1 spiro atoms. The molecule has 2 aliphatic heterocycles. The van der Waals surface area contributed by atoms with Crippen LogP contribution in [-0.2, 0) is 26.2 Å². The molecule has 40 heavy (non-hydrogen) atoms. The Morgan fingerprint density at radius 1 is 1.20 bits per heavy atom. The Morgan fingerprint density at radius 2 is 2.05 bits per heavy atom. The van der Waals surface area contributed by atoms with Crippen LogP contribution in [-0.4, -0.2) is 65.1 Å². The molecular formula is C33H40N2O5. The Balaban J connectivity index is 1.32. The molecular weight excluding hydrogens is 504 g/mol. The number of carbonyl (C=O) groups is 2. The normalized spacial score (nSPS) is 32.1. The fraction of sp³-hybridized carbons (Fsp3) is 0.576. The lowest BCUT2D eigenvalue weighted by Gasteiger charge is -2.65. The molecule has 212 valence electrons. The number of esters is 1. The highest BCUT2D eigenvalue weighted by atomic mass is 16.6. The monoisotopic (exact) mass is 544 g/mol. The lowest BCUT2D eigenvalue weighted by Crippen LogP contribution is -2.79. The standard InChI is InChI=1S/C33H40N2O5/c1-21(2)18-35(29(37)10-9-24-12-16-38-20-24)26-11-13-33(40-22(3)36)28-17-25-5-4-6-27-30(25)32(33,31(26)39-27)14-15-34(28)19-23-7-8-23/h4-6,9-10,12,16,20-21,23,26,28,31H,7-8,11,13-15,17-19H2,1-3H3/b10-9+/t26-,28-,31+,32+,33-/m1/s1. The van der Waals surface area contributed by atoms with E-state index in [9.17, 15) is 9.59 Å². The Hall–Kier alpha value is -3.06. The van der Waals surface area contributed by atoms with Crippen molar-refractivity contribution in [3.63, 3.8) is 0 Å². The summed E-state index contributed by atoms with van der Waals surface area (Å²) in [5.74, 6) is 1.72. The summed E-state index contributed by atoms with van der Waals surface area (Å²) in [5, 5.41) is 0. The highest BCUT2D eigenvalue weighted by molar-refractivity contribution is 5.92. The third-order valence-electron chi connectivity index (χ3n) is 10.1. The van der Waals surface area contributed by atoms with Gasteiger partial charge >= 0.3 is 5.97 Å². The number of amides is 1. The van der Waals surface area contributed by atoms with Crippen LogP contribution >= 0.6 is 0 Å². The Labute approximate surface area is 236 Å². The van der Waals surface area contributed by atoms with Crippen molar-refractivity contribution in [2.75, 3.05) is 19.6 Å². The first-order valence-electron chi connectivity index (χ1n) is 15.1. The topological polar surface area (TPSA) is 72.2 Å². The van der Waals surface area contributed by atoms with Crippen molar-refractivity contribution in [3.05, 3.63) is 59.6 Å². The molecule has 3 aliphatic carbocycles. The lowest BCUT2D eigenvalue weighted by atomic mass is 9.48. The number of benzene rings is 1. The molecule has 1 amide bonds. The van der Waals surface area contributed by atoms with Gasteiger partial charge in [-0.15, -0.1) is 0 Å². The van der Waals surface area contributed by atoms with E-state index >= 15 is 0 Å². The van der Waals surface area contributed by atoms with Crippen LogP contribution in [0.2, 0.25) is 0 Å². The van der Waals surface area contributed by atoms with Crippen LogP contribution < -0.4 is 4.74 Å². The summed E-state index contributed by atoms with van der Waals surface area (Å²) in [7, 11) is 0. The molecule has 1 aromatic heterocycles. The van der Waals surface area contributed by atoms with E-state index in [1.54, 1.807) is 25.5 Å². The molecule has 7 heteroatoms. The molecule has 1 saturated heterocycles. The number of hydrogen-bond donors (Lipinski definition) is 0. The van der Waals surface area contributed by atoms with Gasteiger partial charge in [-0.05, 0) is 80.7 Å². The Kier molecular flexibility index (Phi) is 6.15. The van der Waals surface area contributed by atoms with Gasteiger partial charge in [-0.2, -0.15) is 0 Å². The second-order valence-corrected chi connectivity index (χ2v) is 13.1. The van der Waals surface area contributed by atoms with Crippen LogP contribution in [0.15, 0.2) is 47.3 Å². The molecule has 3 fully saturated rings. The van der Waals surface area contributed by atoms with Crippen molar-refractivity contribution in [1.29, 1.82) is 0 Å². The first kappa shape index (κ1) is 25.9. The van der Waals surface area contributed by atoms with Crippen molar-refractivity contribution in [2.45, 2.75) is 88.5 Å². The first-order valence-corrected chi connectivity index (χ1v) is 15.1. The van der Waals surface area contributed by atoms with Gasteiger partial charge in [0.15, 0.2) is 0 Å². The second kappa shape index (κ2) is 9.51. The van der Waals surface area contributed by atoms with Gasteiger partial charge < -0.3 is 18.8 Å². The highest BCUT2D eigenvalue weighted by Crippen LogP contribution is 2.66. The summed E-state index contributed by atoms with van der Waals surface area (Å²) in [5.41, 5.74) is 2.28. The summed E-state index contributed by atoms with van der Waals surface area (Å²) in [6.45, 7) is 8.53. The predicted octanol–water partition coefficient (Wildman–Crippen LogP) is 4.98. The average Bonchev–Trinajstić information content (AvgIpc) is 3.44. The lowest BCUT2D eigenvalue weighted by molar-refractivity contribution is -0.224. The molecule has 3 heterocycles. The smallest absolute Gasteiger partial charge is 0.303 e. The van der Waals surface area contributed by atoms with E-state index in [1.807, 2.05) is 17.0 Å². The number of rotatable bonds is 8. The van der Waals surface area contributed by atoms with Crippen LogP contribution in [0.5, 0.6) is 5.75 Å². The Morgan fingerprint density at radius 3 is 2.77 bits per heavy atom. The number of piperidine rings is 1. The van der Waals surface area contributed by atoms with Gasteiger partial charge in [-0.3, -0.25) is 14.5 Å². The number of furan rings is 1. The van der Waals surface area contributed by atoms with E-state index in [0.29, 0.717) is 12.5 Å². The third kappa shape index (κ3) is 3.87. The van der Waals surface area contributed by atoms with Crippen LogP contribution in [0.1, 0.15) is 69.6 Å². The van der Waals surface area contributed by atoms with Gasteiger partial charge in [-0.25, -0.2) is 0 Å².